The van der Waals surface area contributed by atoms with Crippen molar-refractivity contribution in [3.63, 3.8) is 0 Å². The predicted molar refractivity (Wildman–Crippen MR) is 53.1 cm³/mol. The van der Waals surface area contributed by atoms with Crippen LogP contribution in [0.5, 0.6) is 0 Å². The summed E-state index contributed by atoms with van der Waals surface area (Å²) >= 11 is 11.7. The second-order valence-electron chi connectivity index (χ2n) is 2.65. The number of pyridine rings is 1. The maximum Gasteiger partial charge on any atom is 0.338 e. The van der Waals surface area contributed by atoms with Crippen molar-refractivity contribution >= 4 is 40.2 Å². The lowest BCUT2D eigenvalue weighted by atomic mass is 10.2. The molecule has 0 atom stereocenters. The van der Waals surface area contributed by atoms with Crippen LogP contribution in [0.1, 0.15) is 10.4 Å². The Labute approximate surface area is 88.5 Å². The van der Waals surface area contributed by atoms with E-state index in [0.29, 0.717) is 16.1 Å². The van der Waals surface area contributed by atoms with Gasteiger partial charge >= 0.3 is 5.97 Å². The molecule has 0 saturated carbocycles. The average molecular weight is 231 g/mol. The Morgan fingerprint density at radius 2 is 2.21 bits per heavy atom. The van der Waals surface area contributed by atoms with Crippen LogP contribution in [0, 0.1) is 0 Å². The smallest absolute Gasteiger partial charge is 0.338 e. The van der Waals surface area contributed by atoms with Gasteiger partial charge in [0.15, 0.2) is 0 Å². The number of hydrogen-bond acceptors (Lipinski definition) is 2. The minimum atomic E-state index is -1.12. The second-order valence-corrected chi connectivity index (χ2v) is 3.44. The average Bonchev–Trinajstić information content (AvgIpc) is 2.48. The summed E-state index contributed by atoms with van der Waals surface area (Å²) < 4.78 is 0. The topological polar surface area (TPSA) is 66.0 Å². The highest BCUT2D eigenvalue weighted by molar-refractivity contribution is 6.43. The molecule has 2 N–H and O–H groups in total. The van der Waals surface area contributed by atoms with Crippen molar-refractivity contribution in [3.8, 4) is 0 Å². The summed E-state index contributed by atoms with van der Waals surface area (Å²) in [7, 11) is 0. The Kier molecular flexibility index (Phi) is 2.09. The van der Waals surface area contributed by atoms with Crippen molar-refractivity contribution in [2.45, 2.75) is 0 Å². The van der Waals surface area contributed by atoms with Crippen molar-refractivity contribution in [2.75, 3.05) is 0 Å². The number of rotatable bonds is 1. The lowest BCUT2D eigenvalue weighted by Gasteiger charge is -1.99. The third-order valence-corrected chi connectivity index (χ3v) is 2.51. The first kappa shape index (κ1) is 9.30. The highest BCUT2D eigenvalue weighted by atomic mass is 35.5. The van der Waals surface area contributed by atoms with Gasteiger partial charge < -0.3 is 10.1 Å². The van der Waals surface area contributed by atoms with E-state index in [4.69, 9.17) is 28.3 Å². The molecular formula is C8H4Cl2N2O2. The first-order valence-electron chi connectivity index (χ1n) is 3.65. The number of aromatic nitrogens is 2. The number of nitrogens with one attached hydrogen (secondary N) is 1. The molecule has 6 heteroatoms. The zero-order valence-electron chi connectivity index (χ0n) is 6.71. The van der Waals surface area contributed by atoms with Gasteiger partial charge in [0.05, 0.1) is 21.0 Å². The van der Waals surface area contributed by atoms with Gasteiger partial charge in [0.2, 0.25) is 0 Å². The van der Waals surface area contributed by atoms with Crippen LogP contribution < -0.4 is 0 Å². The molecule has 0 bridgehead atoms. The molecule has 0 spiro atoms. The van der Waals surface area contributed by atoms with Crippen LogP contribution in [-0.2, 0) is 0 Å². The Morgan fingerprint density at radius 1 is 1.50 bits per heavy atom. The second kappa shape index (κ2) is 3.15. The molecule has 0 aliphatic carbocycles. The fourth-order valence-electron chi connectivity index (χ4n) is 1.17. The zero-order chi connectivity index (χ0) is 10.3. The first-order valence-corrected chi connectivity index (χ1v) is 4.41. The number of nitrogens with zero attached hydrogens (tertiary/aromatic N) is 1. The largest absolute Gasteiger partial charge is 0.478 e. The lowest BCUT2D eigenvalue weighted by molar-refractivity contribution is 0.0697. The number of carboxylic acid groups (broad SMARTS) is 1. The maximum atomic E-state index is 10.7. The van der Waals surface area contributed by atoms with E-state index in [-0.39, 0.29) is 10.6 Å². The minimum Gasteiger partial charge on any atom is -0.478 e. The summed E-state index contributed by atoms with van der Waals surface area (Å²) in [6.07, 6.45) is 2.70. The molecule has 0 amide bonds. The zero-order valence-corrected chi connectivity index (χ0v) is 8.23. The number of carboxylic acids is 1. The molecule has 0 aliphatic rings. The Balaban J connectivity index is 2.86. The summed E-state index contributed by atoms with van der Waals surface area (Å²) in [5, 5.41) is 9.68. The van der Waals surface area contributed by atoms with Gasteiger partial charge in [-0.1, -0.05) is 23.2 Å². The van der Waals surface area contributed by atoms with E-state index in [9.17, 15) is 4.79 Å². The van der Waals surface area contributed by atoms with Gasteiger partial charge in [0.25, 0.3) is 0 Å². The molecule has 0 fully saturated rings. The summed E-state index contributed by atoms with van der Waals surface area (Å²) in [4.78, 5) is 17.4. The van der Waals surface area contributed by atoms with Crippen molar-refractivity contribution in [1.82, 2.24) is 9.97 Å². The summed E-state index contributed by atoms with van der Waals surface area (Å²) in [6.45, 7) is 0. The molecule has 14 heavy (non-hydrogen) atoms. The van der Waals surface area contributed by atoms with E-state index in [1.54, 1.807) is 0 Å². The highest BCUT2D eigenvalue weighted by Gasteiger charge is 2.15. The van der Waals surface area contributed by atoms with E-state index in [1.807, 2.05) is 0 Å². The third-order valence-electron chi connectivity index (χ3n) is 1.82. The monoisotopic (exact) mass is 230 g/mol. The van der Waals surface area contributed by atoms with E-state index in [1.165, 1.54) is 12.4 Å². The van der Waals surface area contributed by atoms with E-state index in [0.717, 1.165) is 0 Å². The molecule has 2 rings (SSSR count). The molecular weight excluding hydrogens is 227 g/mol. The van der Waals surface area contributed by atoms with Gasteiger partial charge in [0, 0.05) is 12.4 Å². The Bertz CT molecular complexity index is 521. The number of fused-ring (bicyclic) bond motifs is 1. The standard InChI is InChI=1S/C8H4Cl2N2O2/c9-4-2-12-7-5(4)6(10)3(1-11-7)8(13)14/h1-2H,(H,11,12)(H,13,14). The first-order chi connectivity index (χ1) is 6.61. The van der Waals surface area contributed by atoms with Crippen LogP contribution in [-0.4, -0.2) is 21.0 Å². The van der Waals surface area contributed by atoms with Crippen molar-refractivity contribution in [3.05, 3.63) is 28.0 Å². The van der Waals surface area contributed by atoms with Gasteiger partial charge in [0.1, 0.15) is 5.65 Å². The maximum absolute atomic E-state index is 10.7. The molecule has 0 saturated heterocycles. The fourth-order valence-corrected chi connectivity index (χ4v) is 1.78. The quantitative estimate of drug-likeness (QED) is 0.792. The molecule has 2 heterocycles. The van der Waals surface area contributed by atoms with Crippen LogP contribution in [0.2, 0.25) is 10.0 Å². The SMILES string of the molecule is O=C(O)c1cnc2[nH]cc(Cl)c2c1Cl. The van der Waals surface area contributed by atoms with E-state index in [2.05, 4.69) is 9.97 Å². The van der Waals surface area contributed by atoms with Crippen LogP contribution in [0.3, 0.4) is 0 Å². The van der Waals surface area contributed by atoms with Gasteiger partial charge in [-0.05, 0) is 0 Å². The Hall–Kier alpha value is -1.26. The van der Waals surface area contributed by atoms with E-state index >= 15 is 0 Å². The van der Waals surface area contributed by atoms with Gasteiger partial charge in [-0.15, -0.1) is 0 Å². The lowest BCUT2D eigenvalue weighted by Crippen LogP contribution is -1.98. The number of aromatic amines is 1. The number of halogens is 2. The van der Waals surface area contributed by atoms with Crippen molar-refractivity contribution in [2.24, 2.45) is 0 Å². The predicted octanol–water partition coefficient (Wildman–Crippen LogP) is 2.57. The molecule has 0 unspecified atom stereocenters. The van der Waals surface area contributed by atoms with Gasteiger partial charge in [-0.3, -0.25) is 0 Å². The van der Waals surface area contributed by atoms with Crippen LogP contribution in [0.15, 0.2) is 12.4 Å². The number of hydrogen-bond donors (Lipinski definition) is 2. The number of H-pyrrole nitrogens is 1. The summed E-state index contributed by atoms with van der Waals surface area (Å²) in [6, 6.07) is 0. The van der Waals surface area contributed by atoms with Crippen molar-refractivity contribution in [1.29, 1.82) is 0 Å². The normalized spacial score (nSPS) is 10.7. The molecule has 4 nitrogen and oxygen atoms in total. The molecule has 2 aromatic rings. The van der Waals surface area contributed by atoms with Gasteiger partial charge in [-0.2, -0.15) is 0 Å². The Morgan fingerprint density at radius 3 is 2.86 bits per heavy atom. The minimum absolute atomic E-state index is 0.0549. The number of aromatic carboxylic acids is 1. The molecule has 2 aromatic heterocycles. The molecule has 72 valence electrons. The van der Waals surface area contributed by atoms with Crippen molar-refractivity contribution < 1.29 is 9.90 Å². The summed E-state index contributed by atoms with van der Waals surface area (Å²) in [5.74, 6) is -1.12. The molecule has 0 aliphatic heterocycles. The van der Waals surface area contributed by atoms with Crippen LogP contribution >= 0.6 is 23.2 Å². The fraction of sp³-hybridized carbons (Fsp3) is 0. The van der Waals surface area contributed by atoms with Crippen LogP contribution in [0.4, 0.5) is 0 Å². The summed E-state index contributed by atoms with van der Waals surface area (Å²) in [5.41, 5.74) is 0.422. The third kappa shape index (κ3) is 1.23. The number of carbonyl (C=O) groups is 1. The molecule has 0 aromatic carbocycles. The van der Waals surface area contributed by atoms with E-state index < -0.39 is 5.97 Å². The highest BCUT2D eigenvalue weighted by Crippen LogP contribution is 2.31. The molecule has 0 radical (unpaired) electrons. The van der Waals surface area contributed by atoms with Gasteiger partial charge in [-0.25, -0.2) is 9.78 Å². The van der Waals surface area contributed by atoms with Crippen LogP contribution in [0.25, 0.3) is 11.0 Å².